The third-order valence-electron chi connectivity index (χ3n) is 15.6. The van der Waals surface area contributed by atoms with Crippen molar-refractivity contribution < 1.29 is 95.6 Å². The monoisotopic (exact) mass is 1310 g/mol. The average Bonchev–Trinajstić information content (AvgIpc) is 1.62. The maximum atomic E-state index is 11.8. The van der Waals surface area contributed by atoms with Crippen molar-refractivity contribution in [1.29, 1.82) is 0 Å². The first-order chi connectivity index (χ1) is 43.4. The number of carboxylic acid groups (broad SMARTS) is 1. The Morgan fingerprint density at radius 1 is 0.418 bits per heavy atom. The molecule has 0 aromatic heterocycles. The fourth-order valence-corrected chi connectivity index (χ4v) is 9.87. The molecule has 6 amide bonds. The minimum Gasteiger partial charge on any atom is -0.481 e. The van der Waals surface area contributed by atoms with E-state index in [-0.39, 0.29) is 68.0 Å². The van der Waals surface area contributed by atoms with Crippen molar-refractivity contribution in [3.8, 4) is 0 Å². The van der Waals surface area contributed by atoms with Gasteiger partial charge in [0.05, 0.1) is 57.2 Å². The topological polar surface area (TPSA) is 308 Å². The molecule has 530 valence electrons. The highest BCUT2D eigenvalue weighted by molar-refractivity contribution is 5.79. The number of carbonyl (C=O) groups excluding carboxylic acids is 7. The van der Waals surface area contributed by atoms with E-state index in [1.807, 2.05) is 40.4 Å². The zero-order chi connectivity index (χ0) is 68.1. The maximum absolute atomic E-state index is 11.8. The minimum atomic E-state index is -0.771. The van der Waals surface area contributed by atoms with Crippen LogP contribution in [0.5, 0.6) is 0 Å². The number of hydrogen-bond acceptors (Lipinski definition) is 23. The number of ether oxygens (including phenoxy) is 11. The first kappa shape index (κ1) is 84.1. The summed E-state index contributed by atoms with van der Waals surface area (Å²) in [6.45, 7) is 26.3. The summed E-state index contributed by atoms with van der Waals surface area (Å²) in [6.07, 6.45) is 3.19. The second kappa shape index (κ2) is 48.7. The Balaban J connectivity index is 0.000000534. The van der Waals surface area contributed by atoms with Crippen molar-refractivity contribution in [3.05, 3.63) is 0 Å². The van der Waals surface area contributed by atoms with Crippen LogP contribution in [0.25, 0.3) is 0 Å². The third-order valence-corrected chi connectivity index (χ3v) is 15.6. The van der Waals surface area contributed by atoms with E-state index in [9.17, 15) is 38.4 Å². The fraction of sp³-hybridized carbons (Fsp3) is 0.869. The summed E-state index contributed by atoms with van der Waals surface area (Å²) in [4.78, 5) is 106. The Morgan fingerprint density at radius 3 is 1.04 bits per heavy atom. The Kier molecular flexibility index (Phi) is 45.0. The summed E-state index contributed by atoms with van der Waals surface area (Å²) < 4.78 is 54.3. The summed E-state index contributed by atoms with van der Waals surface area (Å²) in [5, 5.41) is 15.4. The molecule has 0 unspecified atom stereocenters. The third kappa shape index (κ3) is 35.2. The largest absolute Gasteiger partial charge is 0.481 e. The van der Waals surface area contributed by atoms with Crippen molar-refractivity contribution >= 4 is 47.6 Å². The number of aliphatic carboxylic acids is 1. The van der Waals surface area contributed by atoms with Crippen molar-refractivity contribution in [2.75, 3.05) is 275 Å². The second-order valence-corrected chi connectivity index (χ2v) is 23.7. The van der Waals surface area contributed by atoms with Gasteiger partial charge in [0.1, 0.15) is 25.4 Å². The summed E-state index contributed by atoms with van der Waals surface area (Å²) >= 11 is 0. The van der Waals surface area contributed by atoms with Gasteiger partial charge in [-0.3, -0.25) is 33.6 Å². The van der Waals surface area contributed by atoms with Crippen LogP contribution in [0.2, 0.25) is 0 Å². The molecule has 0 aliphatic carbocycles. The van der Waals surface area contributed by atoms with E-state index in [1.165, 1.54) is 21.3 Å². The van der Waals surface area contributed by atoms with Crippen LogP contribution in [0.3, 0.4) is 0 Å². The molecule has 0 saturated carbocycles. The molecule has 30 heteroatoms. The molecule has 7 saturated heterocycles. The molecule has 0 radical (unpaired) electrons. The number of nitrogens with one attached hydrogen (secondary N) is 2. The van der Waals surface area contributed by atoms with Crippen LogP contribution in [0.1, 0.15) is 59.3 Å². The highest BCUT2D eigenvalue weighted by atomic mass is 16.6. The molecule has 0 atom stereocenters. The summed E-state index contributed by atoms with van der Waals surface area (Å²) in [5.41, 5.74) is -1.66. The lowest BCUT2D eigenvalue weighted by Crippen LogP contribution is -2.52. The lowest BCUT2D eigenvalue weighted by molar-refractivity contribution is -0.163. The predicted molar refractivity (Wildman–Crippen MR) is 338 cm³/mol. The lowest BCUT2D eigenvalue weighted by atomic mass is 9.81. The summed E-state index contributed by atoms with van der Waals surface area (Å²) in [5.74, 6) is -0.375. The molecule has 3 N–H and O–H groups in total. The number of likely N-dealkylation sites (N-methyl/N-ethyl adjacent to an activating group) is 2. The minimum absolute atomic E-state index is 0.0404. The van der Waals surface area contributed by atoms with Gasteiger partial charge < -0.3 is 107 Å². The highest BCUT2D eigenvalue weighted by Gasteiger charge is 2.42. The van der Waals surface area contributed by atoms with Gasteiger partial charge in [0.2, 0.25) is 29.5 Å². The molecule has 0 bridgehead atoms. The van der Waals surface area contributed by atoms with Gasteiger partial charge >= 0.3 is 18.0 Å². The van der Waals surface area contributed by atoms with Crippen molar-refractivity contribution in [1.82, 2.24) is 49.8 Å². The molecule has 7 heterocycles. The van der Waals surface area contributed by atoms with E-state index in [0.29, 0.717) is 111 Å². The van der Waals surface area contributed by atoms with E-state index in [1.54, 1.807) is 45.3 Å². The van der Waals surface area contributed by atoms with Crippen LogP contribution in [-0.2, 0) is 85.7 Å². The normalized spacial score (nSPS) is 19.1. The molecular formula is C61H116N10O20. The van der Waals surface area contributed by atoms with Crippen LogP contribution in [0.15, 0.2) is 0 Å². The highest BCUT2D eigenvalue weighted by Crippen LogP contribution is 2.32. The van der Waals surface area contributed by atoms with E-state index >= 15 is 0 Å². The number of piperazine rings is 5. The number of nitrogens with zero attached hydrogens (tertiary/aromatic N) is 8. The van der Waals surface area contributed by atoms with Gasteiger partial charge in [-0.1, -0.05) is 0 Å². The Hall–Kier alpha value is -4.96. The van der Waals surface area contributed by atoms with Crippen molar-refractivity contribution in [2.24, 2.45) is 10.8 Å². The molecular weight excluding hydrogens is 1190 g/mol. The Bertz CT molecular complexity index is 2000. The standard InChI is InChI=1S/C12H22N2O4.C9H18N2O2.C9H16O4.2C8H16N2O2.C8H14O4.C7H14N2O2/c1-12(2,3)18-11(16)14-7-5-13(6-8-14)10(15)9-17-4;1-10-4-6-11(7-5-10)9(12)3-8-13-2;1-11-7-9(8(10)12-2)3-5-13-6-4-9;1-9-3-5-10(6-4-9)8(11)7-12-2;1-12-7-2-8(11)10-5-3-9-4-6-10;1-11-6-8(7(9)10)2-4-12-5-3-8;1-11-6-7(10)9-4-2-8-3-5-9/h5-9H2,1-4H3;3-8H2,1-2H3;3-7H2,1-2H3;3-7H2,1-2H3;9H,2-7H2,1H3;2-6H2,1H3,(H,9,10);8H,2-6H2,1H3. The zero-order valence-electron chi connectivity index (χ0n) is 57.4. The molecule has 0 spiro atoms. The number of esters is 1. The number of carbonyl (C=O) groups is 8. The van der Waals surface area contributed by atoms with E-state index in [4.69, 9.17) is 57.2 Å². The predicted octanol–water partition coefficient (Wildman–Crippen LogP) is -0.448. The molecule has 30 nitrogen and oxygen atoms in total. The van der Waals surface area contributed by atoms with Crippen molar-refractivity contribution in [2.45, 2.75) is 64.9 Å². The summed E-state index contributed by atoms with van der Waals surface area (Å²) in [6, 6.07) is 0. The number of hydrogen-bond donors (Lipinski definition) is 3. The molecule has 7 aliphatic heterocycles. The van der Waals surface area contributed by atoms with Crippen LogP contribution in [-0.4, -0.2) is 372 Å². The van der Waals surface area contributed by atoms with Gasteiger partial charge in [-0.25, -0.2) is 4.79 Å². The van der Waals surface area contributed by atoms with Crippen LogP contribution in [0.4, 0.5) is 4.79 Å². The van der Waals surface area contributed by atoms with Crippen LogP contribution >= 0.6 is 0 Å². The van der Waals surface area contributed by atoms with Crippen LogP contribution < -0.4 is 10.6 Å². The first-order valence-corrected chi connectivity index (χ1v) is 31.5. The maximum Gasteiger partial charge on any atom is 0.410 e. The quantitative estimate of drug-likeness (QED) is 0.146. The van der Waals surface area contributed by atoms with Crippen molar-refractivity contribution in [3.63, 3.8) is 0 Å². The number of carboxylic acids is 1. The number of amides is 6. The van der Waals surface area contributed by atoms with Crippen LogP contribution in [0, 0.1) is 10.8 Å². The van der Waals surface area contributed by atoms with Gasteiger partial charge in [0.15, 0.2) is 0 Å². The average molecular weight is 1310 g/mol. The second-order valence-electron chi connectivity index (χ2n) is 23.7. The molecule has 7 aliphatic rings. The molecule has 7 rings (SSSR count). The fourth-order valence-electron chi connectivity index (χ4n) is 9.87. The first-order valence-electron chi connectivity index (χ1n) is 31.5. The molecule has 0 aromatic rings. The Labute approximate surface area is 541 Å². The smallest absolute Gasteiger partial charge is 0.410 e. The number of rotatable bonds is 18. The Morgan fingerprint density at radius 2 is 0.725 bits per heavy atom. The molecule has 91 heavy (non-hydrogen) atoms. The van der Waals surface area contributed by atoms with Gasteiger partial charge in [-0.05, 0) is 60.5 Å². The van der Waals surface area contributed by atoms with E-state index in [2.05, 4.69) is 34.5 Å². The molecule has 0 aromatic carbocycles. The zero-order valence-corrected chi connectivity index (χ0v) is 57.4. The SMILES string of the molecule is COCC(=O)N1CCN(C(=O)OC(C)(C)C)CC1.COCC(=O)N1CCN(C)CC1.COCC(=O)N1CCNCC1.COCC1(C(=O)O)CCOCC1.COCC1(C(=O)OC)CCOCC1.COCCC(=O)N1CCN(C)CC1.COCCC(=O)N1CCNCC1. The molecule has 7 fully saturated rings. The number of methoxy groups -OCH3 is 8. The van der Waals surface area contributed by atoms with E-state index in [0.717, 1.165) is 105 Å². The van der Waals surface area contributed by atoms with Gasteiger partial charge in [0, 0.05) is 207 Å². The lowest BCUT2D eigenvalue weighted by Gasteiger charge is -2.35. The van der Waals surface area contributed by atoms with Gasteiger partial charge in [0.25, 0.3) is 0 Å². The summed E-state index contributed by atoms with van der Waals surface area (Å²) in [7, 11) is 16.5. The van der Waals surface area contributed by atoms with Gasteiger partial charge in [-0.15, -0.1) is 0 Å². The van der Waals surface area contributed by atoms with E-state index < -0.39 is 22.4 Å². The van der Waals surface area contributed by atoms with Gasteiger partial charge in [-0.2, -0.15) is 0 Å².